The second-order valence-corrected chi connectivity index (χ2v) is 10.1. The number of nitrogens with one attached hydrogen (secondary N) is 2. The number of aliphatic imine (C=N–C) groups is 1. The molecule has 0 saturated carbocycles. The van der Waals surface area contributed by atoms with Gasteiger partial charge in [-0.15, -0.1) is 24.0 Å². The van der Waals surface area contributed by atoms with Crippen LogP contribution in [-0.2, 0) is 0 Å². The Morgan fingerprint density at radius 2 is 1.55 bits per heavy atom. The predicted octanol–water partition coefficient (Wildman–Crippen LogP) is 3.56. The normalized spacial score (nSPS) is 23.6. The van der Waals surface area contributed by atoms with Gasteiger partial charge in [-0.2, -0.15) is 0 Å². The molecule has 0 radical (unpaired) electrons. The van der Waals surface area contributed by atoms with Crippen molar-refractivity contribution in [3.63, 3.8) is 0 Å². The summed E-state index contributed by atoms with van der Waals surface area (Å²) in [7, 11) is 4.17. The Bertz CT molecular complexity index is 707. The zero-order chi connectivity index (χ0) is 22.2. The van der Waals surface area contributed by atoms with Gasteiger partial charge in [-0.25, -0.2) is 0 Å². The number of likely N-dealkylation sites (tertiary alicyclic amines) is 3. The van der Waals surface area contributed by atoms with E-state index in [1.54, 1.807) is 0 Å². The van der Waals surface area contributed by atoms with E-state index in [-0.39, 0.29) is 29.5 Å². The molecule has 1 aromatic carbocycles. The van der Waals surface area contributed by atoms with Crippen molar-refractivity contribution >= 4 is 29.9 Å². The molecule has 33 heavy (non-hydrogen) atoms. The van der Waals surface area contributed by atoms with Crippen LogP contribution in [-0.4, -0.2) is 92.7 Å². The quantitative estimate of drug-likeness (QED) is 0.300. The lowest BCUT2D eigenvalue weighted by molar-refractivity contribution is 0.0173. The van der Waals surface area contributed by atoms with Gasteiger partial charge in [0.2, 0.25) is 0 Å². The molecule has 2 N–H and O–H groups in total. The lowest BCUT2D eigenvalue weighted by Crippen LogP contribution is -2.62. The summed E-state index contributed by atoms with van der Waals surface area (Å²) in [6.07, 6.45) is 9.19. The number of benzene rings is 1. The van der Waals surface area contributed by atoms with Crippen molar-refractivity contribution in [3.8, 4) is 0 Å². The molecule has 3 aliphatic heterocycles. The van der Waals surface area contributed by atoms with Crippen LogP contribution in [0.4, 0.5) is 0 Å². The highest BCUT2D eigenvalue weighted by Crippen LogP contribution is 2.31. The van der Waals surface area contributed by atoms with Crippen LogP contribution in [0.3, 0.4) is 0 Å². The maximum Gasteiger partial charge on any atom is 0.191 e. The van der Waals surface area contributed by atoms with Gasteiger partial charge in [0.1, 0.15) is 0 Å². The topological polar surface area (TPSA) is 46.1 Å². The molecule has 3 saturated heterocycles. The van der Waals surface area contributed by atoms with Crippen molar-refractivity contribution in [2.24, 2.45) is 4.99 Å². The Hall–Kier alpha value is -0.900. The summed E-state index contributed by atoms with van der Waals surface area (Å²) in [6, 6.07) is 11.4. The van der Waals surface area contributed by atoms with E-state index >= 15 is 0 Å². The van der Waals surface area contributed by atoms with Gasteiger partial charge in [-0.1, -0.05) is 36.8 Å². The van der Waals surface area contributed by atoms with Gasteiger partial charge in [0, 0.05) is 25.7 Å². The number of rotatable bonds is 7. The molecule has 1 atom stereocenters. The standard InChI is InChI=1S/C26H44N6.HI/c1-27-25(28-21-24(31-15-9-10-16-31)23-11-5-3-6-12-23)29-22-26(13-19-30(2)20-14-26)32-17-7-4-8-18-32;/h3,5-6,11-12,24H,4,7-10,13-22H2,1-2H3,(H2,27,28,29);1H. The number of piperidine rings is 2. The van der Waals surface area contributed by atoms with Crippen LogP contribution in [0, 0.1) is 0 Å². The number of guanidine groups is 1. The summed E-state index contributed by atoms with van der Waals surface area (Å²) in [5.74, 6) is 0.945. The van der Waals surface area contributed by atoms with Crippen LogP contribution in [0.1, 0.15) is 56.6 Å². The van der Waals surface area contributed by atoms with E-state index in [1.807, 2.05) is 7.05 Å². The molecule has 3 fully saturated rings. The van der Waals surface area contributed by atoms with Gasteiger partial charge in [0.25, 0.3) is 0 Å². The van der Waals surface area contributed by atoms with Gasteiger partial charge in [-0.05, 0) is 90.4 Å². The molecule has 4 rings (SSSR count). The average Bonchev–Trinajstić information content (AvgIpc) is 3.38. The molecule has 0 amide bonds. The molecule has 0 aliphatic carbocycles. The second-order valence-electron chi connectivity index (χ2n) is 10.1. The Morgan fingerprint density at radius 1 is 0.909 bits per heavy atom. The summed E-state index contributed by atoms with van der Waals surface area (Å²) >= 11 is 0. The molecule has 186 valence electrons. The molecule has 6 nitrogen and oxygen atoms in total. The Kier molecular flexibility index (Phi) is 10.7. The van der Waals surface area contributed by atoms with Gasteiger partial charge < -0.3 is 15.5 Å². The summed E-state index contributed by atoms with van der Waals surface area (Å²) in [6.45, 7) is 9.15. The zero-order valence-electron chi connectivity index (χ0n) is 20.8. The van der Waals surface area contributed by atoms with E-state index in [0.29, 0.717) is 6.04 Å². The predicted molar refractivity (Wildman–Crippen MR) is 150 cm³/mol. The molecule has 7 heteroatoms. The van der Waals surface area contributed by atoms with Crippen LogP contribution in [0.25, 0.3) is 0 Å². The highest BCUT2D eigenvalue weighted by atomic mass is 127. The van der Waals surface area contributed by atoms with E-state index < -0.39 is 0 Å². The molecular weight excluding hydrogens is 523 g/mol. The fourth-order valence-electron chi connectivity index (χ4n) is 5.86. The fraction of sp³-hybridized carbons (Fsp3) is 0.731. The van der Waals surface area contributed by atoms with Crippen LogP contribution >= 0.6 is 24.0 Å². The van der Waals surface area contributed by atoms with E-state index in [9.17, 15) is 0 Å². The molecule has 3 aliphatic rings. The Labute approximate surface area is 218 Å². The van der Waals surface area contributed by atoms with Crippen molar-refractivity contribution in [1.29, 1.82) is 0 Å². The summed E-state index contributed by atoms with van der Waals surface area (Å²) in [4.78, 5) is 12.5. The molecule has 0 bridgehead atoms. The molecular formula is C26H45IN6. The third-order valence-corrected chi connectivity index (χ3v) is 7.98. The number of halogens is 1. The highest BCUT2D eigenvalue weighted by Gasteiger charge is 2.39. The maximum atomic E-state index is 4.60. The first-order chi connectivity index (χ1) is 15.7. The van der Waals surface area contributed by atoms with E-state index in [2.05, 4.69) is 67.7 Å². The monoisotopic (exact) mass is 568 g/mol. The highest BCUT2D eigenvalue weighted by molar-refractivity contribution is 14.0. The van der Waals surface area contributed by atoms with Crippen LogP contribution < -0.4 is 10.6 Å². The Balaban J connectivity index is 0.00000306. The van der Waals surface area contributed by atoms with Crippen molar-refractivity contribution < 1.29 is 0 Å². The maximum absolute atomic E-state index is 4.60. The number of nitrogens with zero attached hydrogens (tertiary/aromatic N) is 4. The lowest BCUT2D eigenvalue weighted by Gasteiger charge is -2.50. The first kappa shape index (κ1) is 26.7. The minimum absolute atomic E-state index is 0. The lowest BCUT2D eigenvalue weighted by atomic mass is 9.84. The largest absolute Gasteiger partial charge is 0.355 e. The van der Waals surface area contributed by atoms with Crippen LogP contribution in [0.15, 0.2) is 35.3 Å². The first-order valence-corrected chi connectivity index (χ1v) is 12.9. The van der Waals surface area contributed by atoms with Gasteiger partial charge in [0.15, 0.2) is 5.96 Å². The van der Waals surface area contributed by atoms with Gasteiger partial charge in [-0.3, -0.25) is 14.8 Å². The number of hydrogen-bond acceptors (Lipinski definition) is 4. The first-order valence-electron chi connectivity index (χ1n) is 12.9. The summed E-state index contributed by atoms with van der Waals surface area (Å²) in [5.41, 5.74) is 1.66. The summed E-state index contributed by atoms with van der Waals surface area (Å²) < 4.78 is 0. The smallest absolute Gasteiger partial charge is 0.191 e. The van der Waals surface area contributed by atoms with E-state index in [4.69, 9.17) is 0 Å². The SMILES string of the molecule is CN=C(NCC(c1ccccc1)N1CCCC1)NCC1(N2CCCCC2)CCN(C)CC1.I. The Morgan fingerprint density at radius 3 is 2.18 bits per heavy atom. The molecule has 0 spiro atoms. The van der Waals surface area contributed by atoms with E-state index in [0.717, 1.165) is 19.0 Å². The van der Waals surface area contributed by atoms with Crippen molar-refractivity contribution in [1.82, 2.24) is 25.3 Å². The third-order valence-electron chi connectivity index (χ3n) is 7.98. The van der Waals surface area contributed by atoms with Crippen molar-refractivity contribution in [2.75, 3.05) is 66.5 Å². The minimum Gasteiger partial charge on any atom is -0.355 e. The second kappa shape index (κ2) is 13.3. The van der Waals surface area contributed by atoms with Crippen molar-refractivity contribution in [2.45, 2.75) is 56.5 Å². The molecule has 0 aromatic heterocycles. The molecule has 3 heterocycles. The van der Waals surface area contributed by atoms with Crippen molar-refractivity contribution in [3.05, 3.63) is 35.9 Å². The van der Waals surface area contributed by atoms with Gasteiger partial charge in [0.05, 0.1) is 6.04 Å². The van der Waals surface area contributed by atoms with Gasteiger partial charge >= 0.3 is 0 Å². The third kappa shape index (κ3) is 7.05. The van der Waals surface area contributed by atoms with Crippen LogP contribution in [0.2, 0.25) is 0 Å². The molecule has 1 aromatic rings. The molecule has 1 unspecified atom stereocenters. The number of hydrogen-bond donors (Lipinski definition) is 2. The average molecular weight is 569 g/mol. The van der Waals surface area contributed by atoms with E-state index in [1.165, 1.54) is 89.8 Å². The fourth-order valence-corrected chi connectivity index (χ4v) is 5.86. The minimum atomic E-state index is 0. The summed E-state index contributed by atoms with van der Waals surface area (Å²) in [5, 5.41) is 7.43. The zero-order valence-corrected chi connectivity index (χ0v) is 23.1. The van der Waals surface area contributed by atoms with Crippen LogP contribution in [0.5, 0.6) is 0 Å².